The van der Waals surface area contributed by atoms with Crippen molar-refractivity contribution in [2.75, 3.05) is 5.75 Å². The number of hydrogen-bond donors (Lipinski definition) is 2. The number of nitrogens with one attached hydrogen (secondary N) is 1. The summed E-state index contributed by atoms with van der Waals surface area (Å²) in [6, 6.07) is 8.16. The van der Waals surface area contributed by atoms with E-state index in [2.05, 4.69) is 5.32 Å². The Bertz CT molecular complexity index is 420. The minimum absolute atomic E-state index is 0. The molecule has 0 bridgehead atoms. The smallest absolute Gasteiger partial charge is 0.230 e. The van der Waals surface area contributed by atoms with Crippen molar-refractivity contribution in [1.29, 1.82) is 0 Å². The second-order valence-corrected chi connectivity index (χ2v) is 6.41. The first-order chi connectivity index (χ1) is 9.13. The summed E-state index contributed by atoms with van der Waals surface area (Å²) in [6.45, 7) is 0. The Morgan fingerprint density at radius 3 is 2.45 bits per heavy atom. The number of nitrogens with two attached hydrogens (primary N) is 1. The number of carbonyl (C=O) groups is 1. The molecule has 1 aliphatic carbocycles. The molecule has 1 aliphatic rings. The van der Waals surface area contributed by atoms with Crippen LogP contribution in [0.25, 0.3) is 0 Å². The Morgan fingerprint density at radius 2 is 1.85 bits per heavy atom. The van der Waals surface area contributed by atoms with E-state index in [0.717, 1.165) is 30.6 Å². The SMILES string of the molecule is Cl.NC1CCC(NC(=O)CSc2ccc(Cl)cc2)CC1. The zero-order valence-corrected chi connectivity index (χ0v) is 13.6. The van der Waals surface area contributed by atoms with E-state index in [-0.39, 0.29) is 18.3 Å². The van der Waals surface area contributed by atoms with Crippen LogP contribution in [-0.2, 0) is 4.79 Å². The van der Waals surface area contributed by atoms with Gasteiger partial charge in [-0.3, -0.25) is 4.79 Å². The quantitative estimate of drug-likeness (QED) is 0.831. The summed E-state index contributed by atoms with van der Waals surface area (Å²) >= 11 is 7.35. The topological polar surface area (TPSA) is 55.1 Å². The molecule has 0 unspecified atom stereocenters. The molecule has 112 valence electrons. The normalized spacial score (nSPS) is 21.9. The Kier molecular flexibility index (Phi) is 7.74. The van der Waals surface area contributed by atoms with Crippen LogP contribution in [0, 0.1) is 0 Å². The Labute approximate surface area is 135 Å². The summed E-state index contributed by atoms with van der Waals surface area (Å²) in [6.07, 6.45) is 4.02. The predicted octanol–water partition coefficient (Wildman–Crippen LogP) is 3.24. The van der Waals surface area contributed by atoms with Crippen LogP contribution in [-0.4, -0.2) is 23.7 Å². The molecule has 2 rings (SSSR count). The first-order valence-electron chi connectivity index (χ1n) is 6.57. The molecule has 0 spiro atoms. The minimum Gasteiger partial charge on any atom is -0.353 e. The van der Waals surface area contributed by atoms with Crippen molar-refractivity contribution in [2.24, 2.45) is 5.73 Å². The number of benzene rings is 1. The van der Waals surface area contributed by atoms with Crippen LogP contribution in [0.15, 0.2) is 29.2 Å². The van der Waals surface area contributed by atoms with Gasteiger partial charge < -0.3 is 11.1 Å². The van der Waals surface area contributed by atoms with E-state index in [9.17, 15) is 4.79 Å². The highest BCUT2D eigenvalue weighted by Gasteiger charge is 2.19. The standard InChI is InChI=1S/C14H19ClN2OS.ClH/c15-10-1-7-13(8-2-10)19-9-14(18)17-12-5-3-11(16)4-6-12;/h1-2,7-8,11-12H,3-6,9,16H2,(H,17,18);1H. The molecular weight excluding hydrogens is 315 g/mol. The molecule has 0 radical (unpaired) electrons. The van der Waals surface area contributed by atoms with E-state index < -0.39 is 0 Å². The maximum atomic E-state index is 11.8. The molecule has 1 aromatic carbocycles. The van der Waals surface area contributed by atoms with Gasteiger partial charge in [0.15, 0.2) is 0 Å². The average Bonchev–Trinajstić information content (AvgIpc) is 2.41. The van der Waals surface area contributed by atoms with Gasteiger partial charge in [0.25, 0.3) is 0 Å². The van der Waals surface area contributed by atoms with E-state index >= 15 is 0 Å². The van der Waals surface area contributed by atoms with Crippen LogP contribution in [0.5, 0.6) is 0 Å². The van der Waals surface area contributed by atoms with Gasteiger partial charge in [-0.15, -0.1) is 24.2 Å². The number of halogens is 2. The summed E-state index contributed by atoms with van der Waals surface area (Å²) < 4.78 is 0. The molecule has 0 saturated heterocycles. The van der Waals surface area contributed by atoms with Crippen LogP contribution in [0.2, 0.25) is 5.02 Å². The van der Waals surface area contributed by atoms with Gasteiger partial charge in [0.2, 0.25) is 5.91 Å². The number of thioether (sulfide) groups is 1. The zero-order valence-electron chi connectivity index (χ0n) is 11.2. The van der Waals surface area contributed by atoms with Crippen molar-refractivity contribution in [2.45, 2.75) is 42.7 Å². The molecule has 1 fully saturated rings. The molecule has 0 aromatic heterocycles. The van der Waals surface area contributed by atoms with Gasteiger partial charge in [0.1, 0.15) is 0 Å². The van der Waals surface area contributed by atoms with Gasteiger partial charge >= 0.3 is 0 Å². The number of carbonyl (C=O) groups excluding carboxylic acids is 1. The molecule has 3 nitrogen and oxygen atoms in total. The maximum absolute atomic E-state index is 11.8. The lowest BCUT2D eigenvalue weighted by molar-refractivity contribution is -0.119. The van der Waals surface area contributed by atoms with Gasteiger partial charge in [-0.1, -0.05) is 11.6 Å². The fraction of sp³-hybridized carbons (Fsp3) is 0.500. The van der Waals surface area contributed by atoms with Crippen molar-refractivity contribution in [3.8, 4) is 0 Å². The van der Waals surface area contributed by atoms with Gasteiger partial charge in [0, 0.05) is 22.0 Å². The van der Waals surface area contributed by atoms with E-state index in [1.807, 2.05) is 24.3 Å². The fourth-order valence-corrected chi connectivity index (χ4v) is 3.05. The van der Waals surface area contributed by atoms with Crippen molar-refractivity contribution in [1.82, 2.24) is 5.32 Å². The van der Waals surface area contributed by atoms with E-state index in [1.54, 1.807) is 0 Å². The second kappa shape index (κ2) is 8.78. The first kappa shape index (κ1) is 17.6. The lowest BCUT2D eigenvalue weighted by atomic mass is 9.92. The van der Waals surface area contributed by atoms with Crippen molar-refractivity contribution in [3.05, 3.63) is 29.3 Å². The largest absolute Gasteiger partial charge is 0.353 e. The zero-order chi connectivity index (χ0) is 13.7. The molecule has 1 aromatic rings. The minimum atomic E-state index is 0. The van der Waals surface area contributed by atoms with Gasteiger partial charge in [-0.05, 0) is 49.9 Å². The third-order valence-electron chi connectivity index (χ3n) is 3.32. The Hall–Kier alpha value is -0.420. The van der Waals surface area contributed by atoms with Crippen LogP contribution in [0.4, 0.5) is 0 Å². The van der Waals surface area contributed by atoms with E-state index in [4.69, 9.17) is 17.3 Å². The average molecular weight is 335 g/mol. The Balaban J connectivity index is 0.00000200. The lowest BCUT2D eigenvalue weighted by Gasteiger charge is -2.26. The molecule has 0 atom stereocenters. The molecular formula is C14H20Cl2N2OS. The lowest BCUT2D eigenvalue weighted by Crippen LogP contribution is -2.41. The van der Waals surface area contributed by atoms with Crippen molar-refractivity contribution >= 4 is 41.7 Å². The highest BCUT2D eigenvalue weighted by Crippen LogP contribution is 2.21. The van der Waals surface area contributed by atoms with Crippen LogP contribution in [0.3, 0.4) is 0 Å². The summed E-state index contributed by atoms with van der Waals surface area (Å²) in [4.78, 5) is 12.9. The maximum Gasteiger partial charge on any atom is 0.230 e. The molecule has 3 N–H and O–H groups in total. The first-order valence-corrected chi connectivity index (χ1v) is 7.93. The van der Waals surface area contributed by atoms with Crippen LogP contribution in [0.1, 0.15) is 25.7 Å². The molecule has 0 heterocycles. The number of hydrogen-bond acceptors (Lipinski definition) is 3. The summed E-state index contributed by atoms with van der Waals surface area (Å²) in [5, 5.41) is 3.79. The highest BCUT2D eigenvalue weighted by molar-refractivity contribution is 8.00. The fourth-order valence-electron chi connectivity index (χ4n) is 2.21. The molecule has 20 heavy (non-hydrogen) atoms. The summed E-state index contributed by atoms with van der Waals surface area (Å²) in [5.41, 5.74) is 5.85. The molecule has 0 aliphatic heterocycles. The third kappa shape index (κ3) is 5.92. The number of amides is 1. The molecule has 1 amide bonds. The Morgan fingerprint density at radius 1 is 1.25 bits per heavy atom. The van der Waals surface area contributed by atoms with Gasteiger partial charge in [-0.2, -0.15) is 0 Å². The summed E-state index contributed by atoms with van der Waals surface area (Å²) in [5.74, 6) is 0.546. The van der Waals surface area contributed by atoms with Gasteiger partial charge in [0.05, 0.1) is 5.75 Å². The monoisotopic (exact) mass is 334 g/mol. The van der Waals surface area contributed by atoms with E-state index in [1.165, 1.54) is 11.8 Å². The van der Waals surface area contributed by atoms with Crippen molar-refractivity contribution in [3.63, 3.8) is 0 Å². The molecule has 6 heteroatoms. The third-order valence-corrected chi connectivity index (χ3v) is 4.58. The summed E-state index contributed by atoms with van der Waals surface area (Å²) in [7, 11) is 0. The highest BCUT2D eigenvalue weighted by atomic mass is 35.5. The van der Waals surface area contributed by atoms with Crippen LogP contribution >= 0.6 is 35.8 Å². The van der Waals surface area contributed by atoms with Crippen LogP contribution < -0.4 is 11.1 Å². The van der Waals surface area contributed by atoms with Gasteiger partial charge in [-0.25, -0.2) is 0 Å². The van der Waals surface area contributed by atoms with Crippen molar-refractivity contribution < 1.29 is 4.79 Å². The predicted molar refractivity (Wildman–Crippen MR) is 87.8 cm³/mol. The van der Waals surface area contributed by atoms with E-state index in [0.29, 0.717) is 22.9 Å². The number of rotatable bonds is 4. The second-order valence-electron chi connectivity index (χ2n) is 4.92. The molecule has 1 saturated carbocycles.